The zero-order valence-corrected chi connectivity index (χ0v) is 7.93. The highest BCUT2D eigenvalue weighted by molar-refractivity contribution is 5.83. The molecule has 0 aromatic carbocycles. The number of carboxylic acids is 1. The first-order valence-electron chi connectivity index (χ1n) is 4.58. The van der Waals surface area contributed by atoms with Crippen molar-refractivity contribution in [1.29, 1.82) is 0 Å². The first-order chi connectivity index (χ1) is 6.68. The third kappa shape index (κ3) is 1.50. The molecule has 0 saturated carbocycles. The van der Waals surface area contributed by atoms with E-state index >= 15 is 0 Å². The molecule has 0 amide bonds. The summed E-state index contributed by atoms with van der Waals surface area (Å²) in [6, 6.07) is 0.142. The summed E-state index contributed by atoms with van der Waals surface area (Å²) in [4.78, 5) is 16.7. The van der Waals surface area contributed by atoms with E-state index in [2.05, 4.69) is 9.88 Å². The summed E-state index contributed by atoms with van der Waals surface area (Å²) in [6.45, 7) is 1.01. The first kappa shape index (κ1) is 9.21. The van der Waals surface area contributed by atoms with E-state index in [0.29, 0.717) is 5.89 Å². The monoisotopic (exact) mass is 196 g/mol. The maximum absolute atomic E-state index is 10.6. The van der Waals surface area contributed by atoms with E-state index in [0.717, 1.165) is 19.4 Å². The number of hydrogen-bond donors (Lipinski definition) is 1. The molecule has 14 heavy (non-hydrogen) atoms. The number of carboxylic acid groups (broad SMARTS) is 1. The van der Waals surface area contributed by atoms with Crippen LogP contribution in [0.25, 0.3) is 0 Å². The Morgan fingerprint density at radius 2 is 2.57 bits per heavy atom. The van der Waals surface area contributed by atoms with Crippen molar-refractivity contribution in [3.8, 4) is 0 Å². The average molecular weight is 196 g/mol. The highest BCUT2D eigenvalue weighted by Crippen LogP contribution is 2.29. The van der Waals surface area contributed by atoms with Gasteiger partial charge in [0.25, 0.3) is 0 Å². The SMILES string of the molecule is CN1CCCC1c1ncc(C(=O)O)o1. The van der Waals surface area contributed by atoms with Crippen LogP contribution < -0.4 is 0 Å². The van der Waals surface area contributed by atoms with Crippen LogP contribution in [0.3, 0.4) is 0 Å². The number of aromatic carboxylic acids is 1. The van der Waals surface area contributed by atoms with Crippen LogP contribution in [-0.2, 0) is 0 Å². The number of likely N-dealkylation sites (tertiary alicyclic amines) is 1. The molecule has 1 saturated heterocycles. The van der Waals surface area contributed by atoms with Crippen LogP contribution in [0, 0.1) is 0 Å². The van der Waals surface area contributed by atoms with Gasteiger partial charge in [0.1, 0.15) is 0 Å². The zero-order valence-electron chi connectivity index (χ0n) is 7.93. The standard InChI is InChI=1S/C9H12N2O3/c1-11-4-2-3-6(11)8-10-5-7(14-8)9(12)13/h5-6H,2-4H2,1H3,(H,12,13). The fourth-order valence-corrected chi connectivity index (χ4v) is 1.76. The van der Waals surface area contributed by atoms with Gasteiger partial charge in [0.15, 0.2) is 0 Å². The van der Waals surface area contributed by atoms with Gasteiger partial charge in [0.2, 0.25) is 11.7 Å². The molecule has 5 nitrogen and oxygen atoms in total. The van der Waals surface area contributed by atoms with Crippen LogP contribution >= 0.6 is 0 Å². The predicted molar refractivity (Wildman–Crippen MR) is 48.1 cm³/mol. The Hall–Kier alpha value is -1.36. The van der Waals surface area contributed by atoms with Crippen LogP contribution in [0.1, 0.15) is 35.3 Å². The van der Waals surface area contributed by atoms with Crippen LogP contribution in [0.4, 0.5) is 0 Å². The molecule has 0 aliphatic carbocycles. The topological polar surface area (TPSA) is 66.6 Å². The predicted octanol–water partition coefficient (Wildman–Crippen LogP) is 1.14. The summed E-state index contributed by atoms with van der Waals surface area (Å²) in [6.07, 6.45) is 3.35. The van der Waals surface area contributed by atoms with Gasteiger partial charge in [-0.2, -0.15) is 0 Å². The van der Waals surface area contributed by atoms with Gasteiger partial charge in [-0.15, -0.1) is 0 Å². The lowest BCUT2D eigenvalue weighted by Gasteiger charge is -2.14. The van der Waals surface area contributed by atoms with Gasteiger partial charge in [0, 0.05) is 0 Å². The second kappa shape index (κ2) is 3.42. The number of rotatable bonds is 2. The lowest BCUT2D eigenvalue weighted by atomic mass is 10.2. The zero-order chi connectivity index (χ0) is 10.1. The summed E-state index contributed by atoms with van der Waals surface area (Å²) in [5, 5.41) is 8.66. The van der Waals surface area contributed by atoms with Crippen molar-refractivity contribution in [3.05, 3.63) is 17.8 Å². The number of aromatic nitrogens is 1. The summed E-state index contributed by atoms with van der Waals surface area (Å²) >= 11 is 0. The van der Waals surface area contributed by atoms with Gasteiger partial charge in [0.05, 0.1) is 12.2 Å². The number of nitrogens with zero attached hydrogens (tertiary/aromatic N) is 2. The lowest BCUT2D eigenvalue weighted by Crippen LogP contribution is -2.17. The molecule has 2 heterocycles. The van der Waals surface area contributed by atoms with Gasteiger partial charge in [-0.1, -0.05) is 0 Å². The normalized spacial score (nSPS) is 22.8. The third-order valence-corrected chi connectivity index (χ3v) is 2.54. The van der Waals surface area contributed by atoms with Crippen molar-refractivity contribution in [2.24, 2.45) is 0 Å². The Bertz CT molecular complexity index is 348. The van der Waals surface area contributed by atoms with E-state index in [9.17, 15) is 4.79 Å². The molecule has 1 fully saturated rings. The molecule has 1 N–H and O–H groups in total. The van der Waals surface area contributed by atoms with Crippen LogP contribution in [-0.4, -0.2) is 34.6 Å². The molecule has 5 heteroatoms. The van der Waals surface area contributed by atoms with Gasteiger partial charge >= 0.3 is 5.97 Å². The van der Waals surface area contributed by atoms with E-state index < -0.39 is 5.97 Å². The molecule has 1 unspecified atom stereocenters. The molecule has 0 radical (unpaired) electrons. The molecule has 1 aromatic heterocycles. The maximum Gasteiger partial charge on any atom is 0.373 e. The Labute approximate surface area is 81.3 Å². The Balaban J connectivity index is 2.20. The fourth-order valence-electron chi connectivity index (χ4n) is 1.76. The Morgan fingerprint density at radius 1 is 1.79 bits per heavy atom. The van der Waals surface area contributed by atoms with Crippen LogP contribution in [0.2, 0.25) is 0 Å². The smallest absolute Gasteiger partial charge is 0.373 e. The summed E-state index contributed by atoms with van der Waals surface area (Å²) < 4.78 is 5.15. The minimum absolute atomic E-state index is 0.0831. The van der Waals surface area contributed by atoms with Gasteiger partial charge < -0.3 is 9.52 Å². The maximum atomic E-state index is 10.6. The van der Waals surface area contributed by atoms with Crippen molar-refractivity contribution in [2.75, 3.05) is 13.6 Å². The van der Waals surface area contributed by atoms with E-state index in [1.165, 1.54) is 6.20 Å². The molecular formula is C9H12N2O3. The van der Waals surface area contributed by atoms with Gasteiger partial charge in [-0.25, -0.2) is 9.78 Å². The molecule has 76 valence electrons. The Kier molecular flexibility index (Phi) is 2.25. The molecule has 1 aliphatic rings. The van der Waals surface area contributed by atoms with Gasteiger partial charge in [-0.05, 0) is 26.4 Å². The first-order valence-corrected chi connectivity index (χ1v) is 4.58. The molecule has 1 aromatic rings. The number of hydrogen-bond acceptors (Lipinski definition) is 4. The van der Waals surface area contributed by atoms with Crippen LogP contribution in [0.5, 0.6) is 0 Å². The fraction of sp³-hybridized carbons (Fsp3) is 0.556. The van der Waals surface area contributed by atoms with E-state index in [1.54, 1.807) is 0 Å². The molecule has 1 atom stereocenters. The lowest BCUT2D eigenvalue weighted by molar-refractivity contribution is 0.0657. The van der Waals surface area contributed by atoms with E-state index in [-0.39, 0.29) is 11.8 Å². The second-order valence-corrected chi connectivity index (χ2v) is 3.51. The molecule has 0 spiro atoms. The summed E-state index contributed by atoms with van der Waals surface area (Å²) in [5.41, 5.74) is 0. The molecule has 1 aliphatic heterocycles. The average Bonchev–Trinajstić information content (AvgIpc) is 2.71. The molecule has 2 rings (SSSR count). The largest absolute Gasteiger partial charge is 0.475 e. The Morgan fingerprint density at radius 3 is 3.07 bits per heavy atom. The minimum Gasteiger partial charge on any atom is -0.475 e. The van der Waals surface area contributed by atoms with Crippen molar-refractivity contribution in [3.63, 3.8) is 0 Å². The van der Waals surface area contributed by atoms with E-state index in [4.69, 9.17) is 9.52 Å². The summed E-state index contributed by atoms with van der Waals surface area (Å²) in [7, 11) is 1.99. The minimum atomic E-state index is -1.07. The summed E-state index contributed by atoms with van der Waals surface area (Å²) in [5.74, 6) is -0.632. The van der Waals surface area contributed by atoms with Gasteiger partial charge in [-0.3, -0.25) is 4.90 Å². The molecule has 0 bridgehead atoms. The van der Waals surface area contributed by atoms with E-state index in [1.807, 2.05) is 7.05 Å². The number of carbonyl (C=O) groups is 1. The van der Waals surface area contributed by atoms with Crippen molar-refractivity contribution < 1.29 is 14.3 Å². The van der Waals surface area contributed by atoms with Crippen LogP contribution in [0.15, 0.2) is 10.6 Å². The second-order valence-electron chi connectivity index (χ2n) is 3.51. The third-order valence-electron chi connectivity index (χ3n) is 2.54. The highest BCUT2D eigenvalue weighted by atomic mass is 16.4. The van der Waals surface area contributed by atoms with Crippen molar-refractivity contribution in [1.82, 2.24) is 9.88 Å². The molecular weight excluding hydrogens is 184 g/mol. The van der Waals surface area contributed by atoms with Crippen molar-refractivity contribution in [2.45, 2.75) is 18.9 Å². The van der Waals surface area contributed by atoms with Crippen molar-refractivity contribution >= 4 is 5.97 Å². The highest BCUT2D eigenvalue weighted by Gasteiger charge is 2.27. The quantitative estimate of drug-likeness (QED) is 0.768. The number of oxazole rings is 1.